The maximum absolute atomic E-state index is 5.73. The van der Waals surface area contributed by atoms with Gasteiger partial charge in [-0.15, -0.1) is 0 Å². The summed E-state index contributed by atoms with van der Waals surface area (Å²) in [4.78, 5) is 0. The van der Waals surface area contributed by atoms with Gasteiger partial charge in [-0.2, -0.15) is 0 Å². The van der Waals surface area contributed by atoms with Crippen LogP contribution in [0, 0.1) is 0 Å². The van der Waals surface area contributed by atoms with E-state index in [2.05, 4.69) is 13.2 Å². The molecule has 0 aromatic heterocycles. The van der Waals surface area contributed by atoms with Crippen LogP contribution in [-0.4, -0.2) is 27.4 Å². The van der Waals surface area contributed by atoms with Crippen LogP contribution in [0.3, 0.4) is 0 Å². The molecule has 0 aliphatic carbocycles. The number of hydrogen-bond donors (Lipinski definition) is 0. The lowest BCUT2D eigenvalue weighted by molar-refractivity contribution is 0.137. The number of methoxy groups -OCH3 is 2. The van der Waals surface area contributed by atoms with Crippen molar-refractivity contribution in [3.8, 4) is 11.5 Å². The second kappa shape index (κ2) is 12.0. The molecule has 0 amide bonds. The standard InChI is InChI=1S/C24H30O4/c1-19(15-27-17-21-7-11-23(25-3)12-8-21)5-6-20(2)16-28-18-22-9-13-24(26-4)14-10-22/h7-14H,1-2,5-6,15-18H2,3-4H3. The number of benzene rings is 2. The molecule has 0 N–H and O–H groups in total. The van der Waals surface area contributed by atoms with Gasteiger partial charge in [0.1, 0.15) is 11.5 Å². The zero-order valence-corrected chi connectivity index (χ0v) is 16.9. The fourth-order valence-electron chi connectivity index (χ4n) is 2.57. The molecule has 0 spiro atoms. The molecular formula is C24H30O4. The molecule has 2 rings (SSSR count). The van der Waals surface area contributed by atoms with Crippen LogP contribution < -0.4 is 9.47 Å². The summed E-state index contributed by atoms with van der Waals surface area (Å²) in [5.41, 5.74) is 4.35. The Morgan fingerprint density at radius 3 is 1.32 bits per heavy atom. The largest absolute Gasteiger partial charge is 0.497 e. The molecule has 2 aromatic rings. The third kappa shape index (κ3) is 7.99. The van der Waals surface area contributed by atoms with Crippen molar-refractivity contribution >= 4 is 0 Å². The smallest absolute Gasteiger partial charge is 0.118 e. The first-order chi connectivity index (χ1) is 13.6. The average molecular weight is 383 g/mol. The highest BCUT2D eigenvalue weighted by Gasteiger charge is 2.02. The Bertz CT molecular complexity index is 667. The molecule has 0 fully saturated rings. The minimum atomic E-state index is 0.548. The molecule has 0 atom stereocenters. The summed E-state index contributed by atoms with van der Waals surface area (Å²) in [5, 5.41) is 0. The number of hydrogen-bond acceptors (Lipinski definition) is 4. The first-order valence-electron chi connectivity index (χ1n) is 9.35. The molecule has 0 aliphatic rings. The Kier molecular flexibility index (Phi) is 9.32. The van der Waals surface area contributed by atoms with Crippen molar-refractivity contribution in [1.29, 1.82) is 0 Å². The van der Waals surface area contributed by atoms with Gasteiger partial charge in [-0.05, 0) is 48.2 Å². The molecule has 0 heterocycles. The Morgan fingerprint density at radius 2 is 1.00 bits per heavy atom. The number of ether oxygens (including phenoxy) is 4. The van der Waals surface area contributed by atoms with Crippen molar-refractivity contribution in [1.82, 2.24) is 0 Å². The first-order valence-corrected chi connectivity index (χ1v) is 9.35. The van der Waals surface area contributed by atoms with Gasteiger partial charge in [0.15, 0.2) is 0 Å². The van der Waals surface area contributed by atoms with Crippen LogP contribution in [0.1, 0.15) is 24.0 Å². The van der Waals surface area contributed by atoms with Crippen LogP contribution >= 0.6 is 0 Å². The van der Waals surface area contributed by atoms with Gasteiger partial charge >= 0.3 is 0 Å². The summed E-state index contributed by atoms with van der Waals surface area (Å²) < 4.78 is 21.8. The highest BCUT2D eigenvalue weighted by Crippen LogP contribution is 2.15. The molecule has 2 aromatic carbocycles. The fraction of sp³-hybridized carbons (Fsp3) is 0.333. The Labute approximate surface area is 168 Å². The van der Waals surface area contributed by atoms with Crippen LogP contribution in [0.4, 0.5) is 0 Å². The molecule has 4 heteroatoms. The summed E-state index contributed by atoms with van der Waals surface area (Å²) in [7, 11) is 3.32. The van der Waals surface area contributed by atoms with E-state index in [4.69, 9.17) is 18.9 Å². The SMILES string of the molecule is C=C(CCC(=C)COCc1ccc(OC)cc1)COCc1ccc(OC)cc1. The van der Waals surface area contributed by atoms with Gasteiger partial charge < -0.3 is 18.9 Å². The lowest BCUT2D eigenvalue weighted by Crippen LogP contribution is -2.01. The van der Waals surface area contributed by atoms with Crippen LogP contribution in [0.25, 0.3) is 0 Å². The second-order valence-electron chi connectivity index (χ2n) is 6.68. The van der Waals surface area contributed by atoms with Crippen LogP contribution in [0.15, 0.2) is 72.8 Å². The molecule has 4 nitrogen and oxygen atoms in total. The van der Waals surface area contributed by atoms with E-state index < -0.39 is 0 Å². The molecule has 0 unspecified atom stereocenters. The van der Waals surface area contributed by atoms with Crippen molar-refractivity contribution < 1.29 is 18.9 Å². The molecule has 28 heavy (non-hydrogen) atoms. The van der Waals surface area contributed by atoms with Crippen LogP contribution in [0.2, 0.25) is 0 Å². The van der Waals surface area contributed by atoms with Crippen molar-refractivity contribution in [2.24, 2.45) is 0 Å². The molecule has 150 valence electrons. The fourth-order valence-corrected chi connectivity index (χ4v) is 2.57. The number of rotatable bonds is 13. The zero-order chi connectivity index (χ0) is 20.2. The maximum atomic E-state index is 5.73. The predicted octanol–water partition coefficient (Wildman–Crippen LogP) is 5.33. The summed E-state index contributed by atoms with van der Waals surface area (Å²) in [6.07, 6.45) is 1.71. The predicted molar refractivity (Wildman–Crippen MR) is 113 cm³/mol. The highest BCUT2D eigenvalue weighted by atomic mass is 16.5. The van der Waals surface area contributed by atoms with Gasteiger partial charge in [0.2, 0.25) is 0 Å². The lowest BCUT2D eigenvalue weighted by atomic mass is 10.1. The summed E-state index contributed by atoms with van der Waals surface area (Å²) in [6.45, 7) is 10.4. The van der Waals surface area contributed by atoms with Crippen LogP contribution in [-0.2, 0) is 22.7 Å². The summed E-state index contributed by atoms with van der Waals surface area (Å²) in [6, 6.07) is 15.8. The molecule has 0 radical (unpaired) electrons. The summed E-state index contributed by atoms with van der Waals surface area (Å²) >= 11 is 0. The van der Waals surface area contributed by atoms with Crippen molar-refractivity contribution in [2.45, 2.75) is 26.1 Å². The van der Waals surface area contributed by atoms with Crippen LogP contribution in [0.5, 0.6) is 11.5 Å². The van der Waals surface area contributed by atoms with Gasteiger partial charge in [-0.1, -0.05) is 48.6 Å². The Balaban J connectivity index is 1.56. The Hall–Kier alpha value is -2.56. The quantitative estimate of drug-likeness (QED) is 0.439. The highest BCUT2D eigenvalue weighted by molar-refractivity contribution is 5.27. The monoisotopic (exact) mass is 382 g/mol. The molecule has 0 bridgehead atoms. The Morgan fingerprint density at radius 1 is 0.643 bits per heavy atom. The minimum Gasteiger partial charge on any atom is -0.497 e. The van der Waals surface area contributed by atoms with Gasteiger partial charge in [0, 0.05) is 0 Å². The summed E-state index contributed by atoms with van der Waals surface area (Å²) in [5.74, 6) is 1.70. The van der Waals surface area contributed by atoms with E-state index in [1.54, 1.807) is 14.2 Å². The molecule has 0 aliphatic heterocycles. The topological polar surface area (TPSA) is 36.9 Å². The maximum Gasteiger partial charge on any atom is 0.118 e. The van der Waals surface area contributed by atoms with Crippen molar-refractivity contribution in [2.75, 3.05) is 27.4 Å². The first kappa shape index (κ1) is 21.7. The molecular weight excluding hydrogens is 352 g/mol. The van der Waals surface area contributed by atoms with Crippen molar-refractivity contribution in [3.63, 3.8) is 0 Å². The van der Waals surface area contributed by atoms with E-state index in [-0.39, 0.29) is 0 Å². The van der Waals surface area contributed by atoms with E-state index in [1.165, 1.54) is 0 Å². The van der Waals surface area contributed by atoms with E-state index in [0.717, 1.165) is 46.6 Å². The van der Waals surface area contributed by atoms with Gasteiger partial charge in [0.25, 0.3) is 0 Å². The minimum absolute atomic E-state index is 0.548. The van der Waals surface area contributed by atoms with Gasteiger partial charge in [0.05, 0.1) is 40.6 Å². The average Bonchev–Trinajstić information content (AvgIpc) is 2.73. The molecule has 0 saturated carbocycles. The normalized spacial score (nSPS) is 10.5. The molecule has 0 saturated heterocycles. The van der Waals surface area contributed by atoms with E-state index in [1.807, 2.05) is 48.5 Å². The van der Waals surface area contributed by atoms with E-state index in [0.29, 0.717) is 26.4 Å². The second-order valence-corrected chi connectivity index (χ2v) is 6.68. The van der Waals surface area contributed by atoms with E-state index >= 15 is 0 Å². The van der Waals surface area contributed by atoms with Gasteiger partial charge in [-0.3, -0.25) is 0 Å². The van der Waals surface area contributed by atoms with Gasteiger partial charge in [-0.25, -0.2) is 0 Å². The third-order valence-corrected chi connectivity index (χ3v) is 4.30. The third-order valence-electron chi connectivity index (χ3n) is 4.30. The lowest BCUT2D eigenvalue weighted by Gasteiger charge is -2.10. The zero-order valence-electron chi connectivity index (χ0n) is 16.9. The van der Waals surface area contributed by atoms with Crippen molar-refractivity contribution in [3.05, 3.63) is 84.0 Å². The van der Waals surface area contributed by atoms with E-state index in [9.17, 15) is 0 Å².